The van der Waals surface area contributed by atoms with Crippen LogP contribution in [0.1, 0.15) is 64.7 Å². The monoisotopic (exact) mass is 365 g/mol. The quantitative estimate of drug-likeness (QED) is 0.721. The molecule has 0 aromatic rings. The Hall–Kier alpha value is -0.680. The first-order valence-corrected chi connectivity index (χ1v) is 11.0. The first-order chi connectivity index (χ1) is 12.6. The van der Waals surface area contributed by atoms with Crippen molar-refractivity contribution in [1.82, 2.24) is 16.0 Å². The highest BCUT2D eigenvalue weighted by Crippen LogP contribution is 2.39. The zero-order valence-corrected chi connectivity index (χ0v) is 16.2. The number of hydrogen-bond donors (Lipinski definition) is 3. The van der Waals surface area contributed by atoms with Gasteiger partial charge in [0.05, 0.1) is 6.04 Å². The van der Waals surface area contributed by atoms with Crippen LogP contribution < -0.4 is 16.0 Å². The van der Waals surface area contributed by atoms with Crippen LogP contribution in [0.5, 0.6) is 0 Å². The standard InChI is InChI=1S/C21H36FN3O/c1-13-7-8-18(22)17-11-19(25-20(13)17)21(26)24-16-6-2-4-14(10-16)15-5-3-9-23-12-15/h13-20,23,25H,2-12H2,1H3,(H,24,26)/t13?,14-,15?,16+,17?,18?,19?,20?/m1/s1. The molecule has 26 heavy (non-hydrogen) atoms. The van der Waals surface area contributed by atoms with Crippen LogP contribution in [0.15, 0.2) is 0 Å². The van der Waals surface area contributed by atoms with Crippen molar-refractivity contribution in [2.45, 2.75) is 89.0 Å². The Morgan fingerprint density at radius 3 is 2.65 bits per heavy atom. The maximum atomic E-state index is 14.3. The zero-order valence-electron chi connectivity index (χ0n) is 16.2. The minimum atomic E-state index is -0.737. The minimum Gasteiger partial charge on any atom is -0.352 e. The Bertz CT molecular complexity index is 478. The molecule has 4 nitrogen and oxygen atoms in total. The fourth-order valence-corrected chi connectivity index (χ4v) is 6.17. The van der Waals surface area contributed by atoms with Gasteiger partial charge in [-0.05, 0) is 82.2 Å². The van der Waals surface area contributed by atoms with Crippen molar-refractivity contribution in [3.05, 3.63) is 0 Å². The lowest BCUT2D eigenvalue weighted by Gasteiger charge is -2.37. The third-order valence-corrected chi connectivity index (χ3v) is 7.72. The number of nitrogens with one attached hydrogen (secondary N) is 3. The lowest BCUT2D eigenvalue weighted by molar-refractivity contribution is -0.124. The lowest BCUT2D eigenvalue weighted by atomic mass is 9.75. The molecule has 3 N–H and O–H groups in total. The largest absolute Gasteiger partial charge is 0.352 e. The summed E-state index contributed by atoms with van der Waals surface area (Å²) in [6.45, 7) is 4.50. The number of fused-ring (bicyclic) bond motifs is 1. The highest BCUT2D eigenvalue weighted by molar-refractivity contribution is 5.82. The molecule has 0 bridgehead atoms. The van der Waals surface area contributed by atoms with Crippen LogP contribution >= 0.6 is 0 Å². The number of hydrogen-bond acceptors (Lipinski definition) is 3. The molecule has 2 saturated heterocycles. The molecule has 0 radical (unpaired) electrons. The average molecular weight is 366 g/mol. The van der Waals surface area contributed by atoms with Crippen LogP contribution in [0, 0.1) is 23.7 Å². The molecule has 4 fully saturated rings. The average Bonchev–Trinajstić information content (AvgIpc) is 3.13. The summed E-state index contributed by atoms with van der Waals surface area (Å²) in [6, 6.07) is 0.300. The van der Waals surface area contributed by atoms with Crippen LogP contribution in [0.3, 0.4) is 0 Å². The topological polar surface area (TPSA) is 53.2 Å². The van der Waals surface area contributed by atoms with E-state index in [0.717, 1.165) is 44.2 Å². The molecule has 5 heteroatoms. The molecule has 0 spiro atoms. The highest BCUT2D eigenvalue weighted by Gasteiger charge is 2.46. The second kappa shape index (κ2) is 8.14. The number of piperidine rings is 1. The molecule has 2 aliphatic carbocycles. The van der Waals surface area contributed by atoms with Gasteiger partial charge in [0.1, 0.15) is 6.17 Å². The van der Waals surface area contributed by atoms with Gasteiger partial charge in [0.25, 0.3) is 0 Å². The van der Waals surface area contributed by atoms with Gasteiger partial charge in [-0.25, -0.2) is 4.39 Å². The summed E-state index contributed by atoms with van der Waals surface area (Å²) >= 11 is 0. The fourth-order valence-electron chi connectivity index (χ4n) is 6.17. The molecule has 148 valence electrons. The van der Waals surface area contributed by atoms with Gasteiger partial charge in [-0.15, -0.1) is 0 Å². The number of amides is 1. The molecule has 4 aliphatic rings. The lowest BCUT2D eigenvalue weighted by Crippen LogP contribution is -2.50. The van der Waals surface area contributed by atoms with E-state index in [2.05, 4.69) is 22.9 Å². The van der Waals surface area contributed by atoms with E-state index in [1.165, 1.54) is 25.7 Å². The van der Waals surface area contributed by atoms with Gasteiger partial charge >= 0.3 is 0 Å². The van der Waals surface area contributed by atoms with Gasteiger partial charge in [0.15, 0.2) is 0 Å². The van der Waals surface area contributed by atoms with Crippen LogP contribution in [0.4, 0.5) is 4.39 Å². The Balaban J connectivity index is 1.30. The summed E-state index contributed by atoms with van der Waals surface area (Å²) in [6.07, 6.45) is 8.91. The third kappa shape index (κ3) is 3.94. The molecule has 8 atom stereocenters. The summed E-state index contributed by atoms with van der Waals surface area (Å²) in [5, 5.41) is 10.3. The normalized spacial score (nSPS) is 46.5. The van der Waals surface area contributed by atoms with Crippen LogP contribution in [0.25, 0.3) is 0 Å². The van der Waals surface area contributed by atoms with Gasteiger partial charge in [-0.3, -0.25) is 4.79 Å². The highest BCUT2D eigenvalue weighted by atomic mass is 19.1. The van der Waals surface area contributed by atoms with E-state index in [4.69, 9.17) is 0 Å². The van der Waals surface area contributed by atoms with Crippen molar-refractivity contribution in [3.8, 4) is 0 Å². The molecule has 6 unspecified atom stereocenters. The number of alkyl halides is 1. The second-order valence-electron chi connectivity index (χ2n) is 9.45. The van der Waals surface area contributed by atoms with E-state index >= 15 is 0 Å². The molecular formula is C21H36FN3O. The number of halogens is 1. The fraction of sp³-hybridized carbons (Fsp3) is 0.952. The van der Waals surface area contributed by atoms with Crippen molar-refractivity contribution >= 4 is 5.91 Å². The van der Waals surface area contributed by atoms with E-state index in [1.54, 1.807) is 0 Å². The first-order valence-electron chi connectivity index (χ1n) is 11.0. The number of carbonyl (C=O) groups excluding carboxylic acids is 1. The Morgan fingerprint density at radius 2 is 1.88 bits per heavy atom. The summed E-state index contributed by atoms with van der Waals surface area (Å²) in [5.74, 6) is 2.15. The molecule has 2 aliphatic heterocycles. The van der Waals surface area contributed by atoms with Gasteiger partial charge in [-0.1, -0.05) is 13.3 Å². The summed E-state index contributed by atoms with van der Waals surface area (Å²) in [7, 11) is 0. The molecule has 1 amide bonds. The number of rotatable bonds is 3. The van der Waals surface area contributed by atoms with Gasteiger partial charge in [0.2, 0.25) is 5.91 Å². The molecular weight excluding hydrogens is 329 g/mol. The first kappa shape index (κ1) is 18.7. The summed E-state index contributed by atoms with van der Waals surface area (Å²) < 4.78 is 14.3. The minimum absolute atomic E-state index is 0.0296. The molecule has 2 saturated carbocycles. The second-order valence-corrected chi connectivity index (χ2v) is 9.45. The third-order valence-electron chi connectivity index (χ3n) is 7.72. The summed E-state index contributed by atoms with van der Waals surface area (Å²) in [4.78, 5) is 12.8. The predicted octanol–water partition coefficient (Wildman–Crippen LogP) is 2.78. The Kier molecular flexibility index (Phi) is 5.84. The van der Waals surface area contributed by atoms with Gasteiger partial charge in [-0.2, -0.15) is 0 Å². The molecule has 0 aromatic carbocycles. The van der Waals surface area contributed by atoms with E-state index in [1.807, 2.05) is 0 Å². The summed E-state index contributed by atoms with van der Waals surface area (Å²) in [5.41, 5.74) is 0. The van der Waals surface area contributed by atoms with Crippen molar-refractivity contribution in [3.63, 3.8) is 0 Å². The van der Waals surface area contributed by atoms with Gasteiger partial charge < -0.3 is 16.0 Å². The molecule has 2 heterocycles. The van der Waals surface area contributed by atoms with Crippen LogP contribution in [0.2, 0.25) is 0 Å². The van der Waals surface area contributed by atoms with Crippen LogP contribution in [-0.2, 0) is 4.79 Å². The van der Waals surface area contributed by atoms with E-state index in [-0.39, 0.29) is 23.9 Å². The number of carbonyl (C=O) groups is 1. The van der Waals surface area contributed by atoms with Crippen molar-refractivity contribution < 1.29 is 9.18 Å². The van der Waals surface area contributed by atoms with E-state index < -0.39 is 6.17 Å². The molecule has 4 rings (SSSR count). The van der Waals surface area contributed by atoms with Gasteiger partial charge in [0, 0.05) is 18.0 Å². The maximum Gasteiger partial charge on any atom is 0.237 e. The van der Waals surface area contributed by atoms with Crippen molar-refractivity contribution in [1.29, 1.82) is 0 Å². The van der Waals surface area contributed by atoms with Crippen LogP contribution in [-0.4, -0.2) is 43.3 Å². The van der Waals surface area contributed by atoms with E-state index in [9.17, 15) is 9.18 Å². The molecule has 0 aromatic heterocycles. The zero-order chi connectivity index (χ0) is 18.1. The van der Waals surface area contributed by atoms with Crippen molar-refractivity contribution in [2.75, 3.05) is 13.1 Å². The van der Waals surface area contributed by atoms with Crippen molar-refractivity contribution in [2.24, 2.45) is 23.7 Å². The SMILES string of the molecule is CC1CCC(F)C2CC(C(=O)N[C@H]3CCC[C@@H](C4CCCNC4)C3)NC12. The predicted molar refractivity (Wildman–Crippen MR) is 102 cm³/mol. The Labute approximate surface area is 157 Å². The smallest absolute Gasteiger partial charge is 0.237 e. The maximum absolute atomic E-state index is 14.3. The Morgan fingerprint density at radius 1 is 1.04 bits per heavy atom. The van der Waals surface area contributed by atoms with E-state index in [0.29, 0.717) is 24.8 Å².